The van der Waals surface area contributed by atoms with Crippen LogP contribution in [0.4, 0.5) is 5.69 Å². The van der Waals surface area contributed by atoms with E-state index < -0.39 is 6.04 Å². The van der Waals surface area contributed by atoms with Crippen molar-refractivity contribution < 1.29 is 4.79 Å². The van der Waals surface area contributed by atoms with Crippen molar-refractivity contribution in [3.63, 3.8) is 0 Å². The summed E-state index contributed by atoms with van der Waals surface area (Å²) < 4.78 is 0. The standard InChI is InChI=1S/C21H20NOPS2/c1-26-20-15-9-8-14-19(20)22-21(23)16-24(25,17-10-4-2-5-11-17)18-12-6-3-7-13-18/h2-15H,16H2,1H3,(H,22,23). The minimum atomic E-state index is -2.23. The van der Waals surface area contributed by atoms with Crippen molar-refractivity contribution in [3.8, 4) is 0 Å². The molecule has 0 aromatic heterocycles. The minimum absolute atomic E-state index is 0.0393. The molecule has 0 bridgehead atoms. The summed E-state index contributed by atoms with van der Waals surface area (Å²) >= 11 is 7.75. The van der Waals surface area contributed by atoms with E-state index in [-0.39, 0.29) is 5.91 Å². The number of nitrogens with one attached hydrogen (secondary N) is 1. The fraction of sp³-hybridized carbons (Fsp3) is 0.0952. The van der Waals surface area contributed by atoms with Gasteiger partial charge in [0, 0.05) is 10.9 Å². The van der Waals surface area contributed by atoms with Gasteiger partial charge in [0.1, 0.15) is 0 Å². The van der Waals surface area contributed by atoms with Gasteiger partial charge in [0.2, 0.25) is 5.91 Å². The van der Waals surface area contributed by atoms with E-state index in [1.54, 1.807) is 11.8 Å². The van der Waals surface area contributed by atoms with Crippen molar-refractivity contribution in [1.29, 1.82) is 0 Å². The van der Waals surface area contributed by atoms with Gasteiger partial charge in [-0.05, 0) is 29.0 Å². The molecule has 3 aromatic carbocycles. The van der Waals surface area contributed by atoms with Crippen LogP contribution in [0.25, 0.3) is 0 Å². The fourth-order valence-corrected chi connectivity index (χ4v) is 6.90. The van der Waals surface area contributed by atoms with E-state index in [2.05, 4.69) is 5.32 Å². The fourth-order valence-electron chi connectivity index (χ4n) is 2.81. The van der Waals surface area contributed by atoms with Gasteiger partial charge in [0.15, 0.2) is 0 Å². The molecule has 132 valence electrons. The maximum Gasteiger partial charge on any atom is 0.230 e. The highest BCUT2D eigenvalue weighted by molar-refractivity contribution is 8.22. The predicted octanol–water partition coefficient (Wildman–Crippen LogP) is 4.48. The molecule has 0 saturated heterocycles. The number of amides is 1. The summed E-state index contributed by atoms with van der Waals surface area (Å²) in [5, 5.41) is 5.19. The van der Waals surface area contributed by atoms with Crippen LogP contribution in [0, 0.1) is 0 Å². The number of anilines is 1. The monoisotopic (exact) mass is 397 g/mol. The van der Waals surface area contributed by atoms with Crippen molar-refractivity contribution in [2.24, 2.45) is 0 Å². The molecule has 1 N–H and O–H groups in total. The minimum Gasteiger partial charge on any atom is -0.325 e. The van der Waals surface area contributed by atoms with Crippen LogP contribution in [0.15, 0.2) is 89.8 Å². The van der Waals surface area contributed by atoms with E-state index in [4.69, 9.17) is 11.8 Å². The van der Waals surface area contributed by atoms with Gasteiger partial charge in [-0.1, -0.05) is 84.6 Å². The molecule has 0 atom stereocenters. The summed E-state index contributed by atoms with van der Waals surface area (Å²) in [6, 6.07) is 25.7. The van der Waals surface area contributed by atoms with Gasteiger partial charge in [0.25, 0.3) is 0 Å². The molecule has 0 saturated carbocycles. The molecule has 0 aliphatic rings. The Balaban J connectivity index is 1.92. The lowest BCUT2D eigenvalue weighted by molar-refractivity contribution is -0.113. The highest BCUT2D eigenvalue weighted by Crippen LogP contribution is 2.43. The van der Waals surface area contributed by atoms with Gasteiger partial charge in [-0.15, -0.1) is 11.8 Å². The molecule has 0 fully saturated rings. The average Bonchev–Trinajstić information content (AvgIpc) is 2.69. The molecule has 0 spiro atoms. The van der Waals surface area contributed by atoms with E-state index >= 15 is 0 Å². The Labute approximate surface area is 164 Å². The smallest absolute Gasteiger partial charge is 0.230 e. The Bertz CT molecular complexity index is 886. The van der Waals surface area contributed by atoms with Crippen LogP contribution in [0.3, 0.4) is 0 Å². The van der Waals surface area contributed by atoms with Crippen molar-refractivity contribution in [3.05, 3.63) is 84.9 Å². The zero-order valence-electron chi connectivity index (χ0n) is 14.5. The number of carbonyl (C=O) groups excluding carboxylic acids is 1. The lowest BCUT2D eigenvalue weighted by atomic mass is 10.3. The van der Waals surface area contributed by atoms with Gasteiger partial charge in [-0.2, -0.15) is 0 Å². The zero-order chi connectivity index (χ0) is 18.4. The largest absolute Gasteiger partial charge is 0.325 e. The maximum atomic E-state index is 12.9. The summed E-state index contributed by atoms with van der Waals surface area (Å²) in [7, 11) is 0. The second-order valence-corrected chi connectivity index (χ2v) is 11.4. The molecular formula is C21H20NOPS2. The summed E-state index contributed by atoms with van der Waals surface area (Å²) in [5.41, 5.74) is 0.840. The summed E-state index contributed by atoms with van der Waals surface area (Å²) in [6.07, 6.45) is 2.31. The van der Waals surface area contributed by atoms with Gasteiger partial charge in [0.05, 0.1) is 11.8 Å². The van der Waals surface area contributed by atoms with Crippen LogP contribution in [0.5, 0.6) is 0 Å². The van der Waals surface area contributed by atoms with Crippen LogP contribution >= 0.6 is 17.8 Å². The highest BCUT2D eigenvalue weighted by Gasteiger charge is 2.25. The zero-order valence-corrected chi connectivity index (χ0v) is 17.0. The lowest BCUT2D eigenvalue weighted by Crippen LogP contribution is -2.26. The average molecular weight is 398 g/mol. The van der Waals surface area contributed by atoms with Gasteiger partial charge in [-0.25, -0.2) is 0 Å². The topological polar surface area (TPSA) is 29.1 Å². The first-order chi connectivity index (χ1) is 12.6. The summed E-state index contributed by atoms with van der Waals surface area (Å²) in [6.45, 7) is 0. The molecular weight excluding hydrogens is 377 g/mol. The first-order valence-electron chi connectivity index (χ1n) is 8.26. The Morgan fingerprint density at radius 1 is 0.885 bits per heavy atom. The molecule has 3 rings (SSSR count). The van der Waals surface area contributed by atoms with Crippen molar-refractivity contribution >= 4 is 51.8 Å². The van der Waals surface area contributed by atoms with E-state index in [0.29, 0.717) is 6.16 Å². The molecule has 0 unspecified atom stereocenters. The SMILES string of the molecule is CSc1ccccc1NC(=O)CP(=S)(c1ccccc1)c1ccccc1. The first-order valence-corrected chi connectivity index (χ1v) is 12.5. The van der Waals surface area contributed by atoms with Crippen LogP contribution in [-0.4, -0.2) is 18.3 Å². The second-order valence-electron chi connectivity index (χ2n) is 5.82. The third kappa shape index (κ3) is 4.27. The normalized spacial score (nSPS) is 11.1. The molecule has 5 heteroatoms. The molecule has 1 amide bonds. The highest BCUT2D eigenvalue weighted by atomic mass is 32.4. The molecule has 2 nitrogen and oxygen atoms in total. The maximum absolute atomic E-state index is 12.9. The van der Waals surface area contributed by atoms with Gasteiger partial charge in [-0.3, -0.25) is 4.79 Å². The molecule has 0 aliphatic carbocycles. The summed E-state index contributed by atoms with van der Waals surface area (Å²) in [4.78, 5) is 13.9. The van der Waals surface area contributed by atoms with E-state index in [9.17, 15) is 4.79 Å². The van der Waals surface area contributed by atoms with Crippen molar-refractivity contribution in [2.75, 3.05) is 17.7 Å². The lowest BCUT2D eigenvalue weighted by Gasteiger charge is -2.23. The third-order valence-corrected chi connectivity index (χ3v) is 9.54. The Morgan fingerprint density at radius 2 is 1.38 bits per heavy atom. The number of hydrogen-bond acceptors (Lipinski definition) is 3. The Kier molecular flexibility index (Phi) is 6.31. The Hall–Kier alpha value is -1.87. The molecule has 3 aromatic rings. The predicted molar refractivity (Wildman–Crippen MR) is 118 cm³/mol. The van der Waals surface area contributed by atoms with Crippen LogP contribution in [-0.2, 0) is 16.6 Å². The van der Waals surface area contributed by atoms with Gasteiger partial charge < -0.3 is 5.32 Å². The molecule has 0 heterocycles. The van der Waals surface area contributed by atoms with Crippen molar-refractivity contribution in [1.82, 2.24) is 0 Å². The molecule has 0 radical (unpaired) electrons. The molecule has 0 aliphatic heterocycles. The number of rotatable bonds is 6. The molecule has 26 heavy (non-hydrogen) atoms. The van der Waals surface area contributed by atoms with E-state index in [0.717, 1.165) is 21.2 Å². The quantitative estimate of drug-likeness (QED) is 0.491. The van der Waals surface area contributed by atoms with Crippen LogP contribution in [0.2, 0.25) is 0 Å². The first kappa shape index (κ1) is 18.9. The summed E-state index contributed by atoms with van der Waals surface area (Å²) in [5.74, 6) is -0.0393. The number of benzene rings is 3. The number of carbonyl (C=O) groups is 1. The number of hydrogen-bond donors (Lipinski definition) is 1. The van der Waals surface area contributed by atoms with Crippen LogP contribution in [0.1, 0.15) is 0 Å². The number of thioether (sulfide) groups is 1. The van der Waals surface area contributed by atoms with E-state index in [1.165, 1.54) is 0 Å². The number of para-hydroxylation sites is 1. The second kappa shape index (κ2) is 8.68. The Morgan fingerprint density at radius 3 is 1.92 bits per heavy atom. The van der Waals surface area contributed by atoms with Crippen LogP contribution < -0.4 is 15.9 Å². The van der Waals surface area contributed by atoms with Gasteiger partial charge >= 0.3 is 0 Å². The van der Waals surface area contributed by atoms with E-state index in [1.807, 2.05) is 91.2 Å². The van der Waals surface area contributed by atoms with Crippen molar-refractivity contribution in [2.45, 2.75) is 4.90 Å². The third-order valence-electron chi connectivity index (χ3n) is 4.09.